The molecule has 2 aromatic rings. The van der Waals surface area contributed by atoms with E-state index in [4.69, 9.17) is 11.5 Å². The average molecular weight is 1390 g/mol. The molecule has 0 spiro atoms. The number of guanidine groups is 1. The number of rotatable bonds is 31. The van der Waals surface area contributed by atoms with Gasteiger partial charge in [0, 0.05) is 94.3 Å². The van der Waals surface area contributed by atoms with Gasteiger partial charge >= 0.3 is 23.9 Å². The molecule has 0 bridgehead atoms. The molecule has 31 heteroatoms. The second-order valence-corrected chi connectivity index (χ2v) is 23.9. The molecule has 8 amide bonds. The van der Waals surface area contributed by atoms with Crippen LogP contribution in [-0.4, -0.2) is 251 Å². The first-order valence-corrected chi connectivity index (χ1v) is 31.6. The summed E-state index contributed by atoms with van der Waals surface area (Å²) in [4.78, 5) is 171. The van der Waals surface area contributed by atoms with Crippen LogP contribution in [0.1, 0.15) is 88.7 Å². The van der Waals surface area contributed by atoms with Crippen molar-refractivity contribution in [2.45, 2.75) is 115 Å². The third-order valence-electron chi connectivity index (χ3n) is 15.2. The molecule has 30 nitrogen and oxygen atoms in total. The van der Waals surface area contributed by atoms with E-state index < -0.39 is 121 Å². The van der Waals surface area contributed by atoms with Crippen LogP contribution < -0.4 is 43.4 Å². The average Bonchev–Trinajstić information content (AvgIpc) is 2.51. The van der Waals surface area contributed by atoms with Gasteiger partial charge in [-0.3, -0.25) is 87.0 Å². The third-order valence-corrected chi connectivity index (χ3v) is 15.9. The van der Waals surface area contributed by atoms with Crippen molar-refractivity contribution >= 4 is 99.7 Å². The largest absolute Gasteiger partial charge is 0.481 e. The second-order valence-electron chi connectivity index (χ2n) is 22.6. The van der Waals surface area contributed by atoms with Crippen LogP contribution in [0.2, 0.25) is 0 Å². The Morgan fingerprint density at radius 1 is 0.604 bits per heavy atom. The summed E-state index contributed by atoms with van der Waals surface area (Å²) >= 11 is 2.23. The van der Waals surface area contributed by atoms with Crippen molar-refractivity contribution in [1.82, 2.24) is 56.4 Å². The van der Waals surface area contributed by atoms with Gasteiger partial charge in [0.1, 0.15) is 24.2 Å². The molecule has 14 N–H and O–H groups in total. The molecule has 2 fully saturated rings. The second kappa shape index (κ2) is 40.8. The lowest BCUT2D eigenvalue weighted by Crippen LogP contribution is -2.58. The number of aliphatic carboxylic acids is 4. The molecule has 0 saturated carbocycles. The van der Waals surface area contributed by atoms with Gasteiger partial charge in [-0.2, -0.15) is 0 Å². The lowest BCUT2D eigenvalue weighted by Gasteiger charge is -2.33. The van der Waals surface area contributed by atoms with E-state index in [-0.39, 0.29) is 129 Å². The van der Waals surface area contributed by atoms with Gasteiger partial charge < -0.3 is 63.8 Å². The topological polar surface area (TPSA) is 439 Å². The maximum Gasteiger partial charge on any atom is 0.317 e. The molecule has 2 heterocycles. The summed E-state index contributed by atoms with van der Waals surface area (Å²) in [6.07, 6.45) is 1.99. The predicted octanol–water partition coefficient (Wildman–Crippen LogP) is -1.62. The Bertz CT molecular complexity index is 2760. The molecule has 0 unspecified atom stereocenters. The van der Waals surface area contributed by atoms with Gasteiger partial charge in [0.2, 0.25) is 47.3 Å². The molecule has 91 heavy (non-hydrogen) atoms. The summed E-state index contributed by atoms with van der Waals surface area (Å²) in [6.45, 7) is 0.431. The molecule has 4 rings (SSSR count). The van der Waals surface area contributed by atoms with E-state index >= 15 is 0 Å². The maximum absolute atomic E-state index is 14.8. The summed E-state index contributed by atoms with van der Waals surface area (Å²) in [7, 11) is 0. The molecule has 2 aliphatic rings. The number of imide groups is 1. The smallest absolute Gasteiger partial charge is 0.317 e. The highest BCUT2D eigenvalue weighted by molar-refractivity contribution is 14.1. The van der Waals surface area contributed by atoms with E-state index in [1.807, 2.05) is 24.3 Å². The van der Waals surface area contributed by atoms with Crippen LogP contribution in [0.25, 0.3) is 0 Å². The summed E-state index contributed by atoms with van der Waals surface area (Å²) < 4.78 is 1.11. The van der Waals surface area contributed by atoms with Crippen LogP contribution in [0.5, 0.6) is 0 Å². The Balaban J connectivity index is 1.63. The standard InChI is InChI=1S/C60H89IN14O16/c1-40(11-5-7-22-64-48(76)17-9-14-41-18-20-43(61)21-19-41)59(91)75(50(78)36-71-25-27-72(37-52(81)82)29-31-74(39-54(85)86)32-30-73(28-26-71)38-53(83)84)24-8-6-15-45-56(88)68-44(16-10-23-65-60(62)63)55(87)66-35-49(77)67-47(34-51(79)80)58(90)70-46(57(89)69-45)33-42-12-3-2-4-13-42/h2-4,12-13,18-21,40,44-47H,5-11,14-17,22-39H2,1H3,(H,64,76)(H,66,87)(H,67,77)(H,68,88)(H,69,89)(H,70,90)(H,79,80)(H,81,82)(H,83,84)(H,85,86)(H4,62,63,65)/t40-,44-,45-,46+,47-/m0/s1. The number of carbonyl (C=O) groups is 12. The summed E-state index contributed by atoms with van der Waals surface area (Å²) in [5.41, 5.74) is 12.7. The first kappa shape index (κ1) is 75.6. The van der Waals surface area contributed by atoms with Crippen molar-refractivity contribution in [3.63, 3.8) is 0 Å². The van der Waals surface area contributed by atoms with Crippen molar-refractivity contribution in [2.75, 3.05) is 105 Å². The Hall–Kier alpha value is -7.88. The van der Waals surface area contributed by atoms with Crippen LogP contribution in [0.15, 0.2) is 59.6 Å². The number of hydrogen-bond acceptors (Lipinski definition) is 17. The highest BCUT2D eigenvalue weighted by Gasteiger charge is 2.34. The van der Waals surface area contributed by atoms with Crippen molar-refractivity contribution in [3.8, 4) is 0 Å². The van der Waals surface area contributed by atoms with E-state index in [0.29, 0.717) is 44.2 Å². The first-order valence-electron chi connectivity index (χ1n) is 30.5. The van der Waals surface area contributed by atoms with Crippen LogP contribution in [0.4, 0.5) is 0 Å². The van der Waals surface area contributed by atoms with E-state index in [1.54, 1.807) is 56.9 Å². The van der Waals surface area contributed by atoms with Crippen molar-refractivity contribution in [2.24, 2.45) is 22.4 Å². The Labute approximate surface area is 542 Å². The molecular formula is C60H89IN14O16. The summed E-state index contributed by atoms with van der Waals surface area (Å²) in [5.74, 6) is -11.7. The fourth-order valence-corrected chi connectivity index (χ4v) is 10.6. The van der Waals surface area contributed by atoms with Crippen molar-refractivity contribution in [1.29, 1.82) is 0 Å². The normalized spacial score (nSPS) is 19.4. The van der Waals surface area contributed by atoms with Gasteiger partial charge in [-0.05, 0) is 104 Å². The maximum atomic E-state index is 14.8. The quantitative estimate of drug-likeness (QED) is 0.0175. The van der Waals surface area contributed by atoms with Crippen LogP contribution in [0.3, 0.4) is 0 Å². The fourth-order valence-electron chi connectivity index (χ4n) is 10.3. The van der Waals surface area contributed by atoms with Gasteiger partial charge in [-0.15, -0.1) is 0 Å². The molecule has 502 valence electrons. The predicted molar refractivity (Wildman–Crippen MR) is 340 cm³/mol. The molecule has 0 aliphatic carbocycles. The van der Waals surface area contributed by atoms with Crippen molar-refractivity contribution < 1.29 is 78.0 Å². The number of nitrogens with one attached hydrogen (secondary N) is 6. The van der Waals surface area contributed by atoms with Crippen LogP contribution >= 0.6 is 22.6 Å². The SMILES string of the molecule is C[C@@H](CCCCNC(=O)CCCc1ccc(I)cc1)C(=O)N(CCCC[C@@H]1NC(=O)[C@@H](Cc2ccccc2)NC(=O)[C@H](CC(=O)O)NC(=O)CNC(=O)[C@H](CCCN=C(N)N)NC1=O)C(=O)CN1CCN(CC(=O)O)CCN(CC(=O)O)CCN(CC(=O)O)CC1. The molecule has 0 aromatic heterocycles. The lowest BCUT2D eigenvalue weighted by molar-refractivity contribution is -0.149. The van der Waals surface area contributed by atoms with E-state index in [2.05, 4.69) is 59.5 Å². The first-order chi connectivity index (χ1) is 43.3. The van der Waals surface area contributed by atoms with Gasteiger partial charge in [0.05, 0.1) is 39.1 Å². The van der Waals surface area contributed by atoms with Crippen molar-refractivity contribution in [3.05, 3.63) is 69.3 Å². The number of unbranched alkanes of at least 4 members (excludes halogenated alkanes) is 2. The molecule has 2 aromatic carbocycles. The van der Waals surface area contributed by atoms with Crippen LogP contribution in [-0.2, 0) is 70.4 Å². The molecule has 2 aliphatic heterocycles. The zero-order valence-corrected chi connectivity index (χ0v) is 53.7. The molecule has 0 radical (unpaired) electrons. The summed E-state index contributed by atoms with van der Waals surface area (Å²) in [6, 6.07) is 10.5. The minimum absolute atomic E-state index is 0.0356. The molecular weight excluding hydrogens is 1300 g/mol. The number of hydrogen-bond donors (Lipinski definition) is 12. The Kier molecular flexibility index (Phi) is 33.9. The highest BCUT2D eigenvalue weighted by Crippen LogP contribution is 2.17. The number of aryl methyl sites for hydroxylation is 1. The van der Waals surface area contributed by atoms with Gasteiger partial charge in [-0.25, -0.2) is 0 Å². The van der Waals surface area contributed by atoms with E-state index in [1.165, 1.54) is 0 Å². The molecule has 2 saturated heterocycles. The zero-order valence-electron chi connectivity index (χ0n) is 51.5. The minimum Gasteiger partial charge on any atom is -0.481 e. The Morgan fingerprint density at radius 3 is 1.67 bits per heavy atom. The van der Waals surface area contributed by atoms with Gasteiger partial charge in [0.25, 0.3) is 0 Å². The third kappa shape index (κ3) is 30.7. The number of carboxylic acids is 4. The van der Waals surface area contributed by atoms with Crippen LogP contribution in [0, 0.1) is 9.49 Å². The fraction of sp³-hybridized carbons (Fsp3) is 0.583. The van der Waals surface area contributed by atoms with Gasteiger partial charge in [-0.1, -0.05) is 55.8 Å². The number of halogens is 1. The monoisotopic (exact) mass is 1390 g/mol. The number of carbonyl (C=O) groups excluding carboxylic acids is 8. The Morgan fingerprint density at radius 2 is 1.12 bits per heavy atom. The number of amides is 8. The number of carboxylic acid groups (broad SMARTS) is 4. The number of nitrogens with two attached hydrogens (primary N) is 2. The van der Waals surface area contributed by atoms with Gasteiger partial charge in [0.15, 0.2) is 5.96 Å². The minimum atomic E-state index is -1.71. The number of aliphatic imine (C=N–C) groups is 1. The number of benzene rings is 2. The highest BCUT2D eigenvalue weighted by atomic mass is 127. The zero-order chi connectivity index (χ0) is 66.8. The summed E-state index contributed by atoms with van der Waals surface area (Å²) in [5, 5.41) is 54.5. The lowest BCUT2D eigenvalue weighted by atomic mass is 10.0. The number of nitrogens with zero attached hydrogens (tertiary/aromatic N) is 6. The van der Waals surface area contributed by atoms with E-state index in [9.17, 15) is 78.0 Å². The van der Waals surface area contributed by atoms with E-state index in [0.717, 1.165) is 20.5 Å². The molecule has 5 atom stereocenters.